The van der Waals surface area contributed by atoms with Crippen LogP contribution in [0.2, 0.25) is 0 Å². The lowest BCUT2D eigenvalue weighted by molar-refractivity contribution is 0.101. The van der Waals surface area contributed by atoms with Crippen molar-refractivity contribution in [3.63, 3.8) is 0 Å². The molecule has 0 fully saturated rings. The largest absolute Gasteiger partial charge is 0.322 e. The molecule has 3 heteroatoms. The molecule has 0 atom stereocenters. The van der Waals surface area contributed by atoms with E-state index in [1.165, 1.54) is 6.92 Å². The molecule has 2 aromatic rings. The zero-order valence-corrected chi connectivity index (χ0v) is 10.9. The Morgan fingerprint density at radius 1 is 0.947 bits per heavy atom. The molecule has 0 aromatic heterocycles. The fourth-order valence-electron chi connectivity index (χ4n) is 1.76. The van der Waals surface area contributed by atoms with E-state index in [0.717, 1.165) is 5.56 Å². The van der Waals surface area contributed by atoms with Gasteiger partial charge in [0.05, 0.1) is 0 Å². The molecule has 0 aliphatic heterocycles. The van der Waals surface area contributed by atoms with Crippen molar-refractivity contribution < 1.29 is 9.59 Å². The predicted octanol–water partition coefficient (Wildman–Crippen LogP) is 3.45. The van der Waals surface area contributed by atoms with Crippen molar-refractivity contribution in [2.45, 2.75) is 13.8 Å². The Labute approximate surface area is 112 Å². The number of rotatable bonds is 3. The number of hydrogen-bond donors (Lipinski definition) is 1. The second kappa shape index (κ2) is 5.48. The molecule has 0 aliphatic carbocycles. The maximum Gasteiger partial charge on any atom is 0.255 e. The fourth-order valence-corrected chi connectivity index (χ4v) is 1.76. The quantitative estimate of drug-likeness (QED) is 0.851. The van der Waals surface area contributed by atoms with Crippen molar-refractivity contribution in [1.82, 2.24) is 0 Å². The Balaban J connectivity index is 2.26. The second-order valence-corrected chi connectivity index (χ2v) is 4.41. The van der Waals surface area contributed by atoms with Crippen LogP contribution in [0.1, 0.15) is 33.2 Å². The van der Waals surface area contributed by atoms with E-state index in [0.29, 0.717) is 16.8 Å². The third kappa shape index (κ3) is 3.07. The summed E-state index contributed by atoms with van der Waals surface area (Å²) in [6, 6.07) is 14.3. The monoisotopic (exact) mass is 253 g/mol. The number of aryl methyl sites for hydroxylation is 1. The van der Waals surface area contributed by atoms with Gasteiger partial charge in [0.2, 0.25) is 0 Å². The number of nitrogens with one attached hydrogen (secondary N) is 1. The Morgan fingerprint density at radius 2 is 1.63 bits per heavy atom. The molecular weight excluding hydrogens is 238 g/mol. The van der Waals surface area contributed by atoms with Gasteiger partial charge in [-0.25, -0.2) is 0 Å². The highest BCUT2D eigenvalue weighted by Crippen LogP contribution is 2.18. The van der Waals surface area contributed by atoms with Gasteiger partial charge in [-0.1, -0.05) is 30.3 Å². The van der Waals surface area contributed by atoms with Gasteiger partial charge in [0.15, 0.2) is 5.78 Å². The van der Waals surface area contributed by atoms with Crippen LogP contribution < -0.4 is 5.32 Å². The summed E-state index contributed by atoms with van der Waals surface area (Å²) in [7, 11) is 0. The van der Waals surface area contributed by atoms with Crippen molar-refractivity contribution in [3.05, 3.63) is 65.2 Å². The molecule has 0 saturated heterocycles. The summed E-state index contributed by atoms with van der Waals surface area (Å²) >= 11 is 0. The summed E-state index contributed by atoms with van der Waals surface area (Å²) in [4.78, 5) is 23.4. The zero-order valence-electron chi connectivity index (χ0n) is 10.9. The van der Waals surface area contributed by atoms with Crippen LogP contribution in [0.15, 0.2) is 48.5 Å². The molecule has 2 rings (SSSR count). The highest BCUT2D eigenvalue weighted by atomic mass is 16.1. The lowest BCUT2D eigenvalue weighted by Gasteiger charge is -2.09. The van der Waals surface area contributed by atoms with E-state index in [2.05, 4.69) is 5.32 Å². The topological polar surface area (TPSA) is 46.2 Å². The minimum Gasteiger partial charge on any atom is -0.322 e. The Kier molecular flexibility index (Phi) is 3.76. The van der Waals surface area contributed by atoms with Crippen molar-refractivity contribution in [3.8, 4) is 0 Å². The van der Waals surface area contributed by atoms with Gasteiger partial charge in [-0.05, 0) is 37.6 Å². The van der Waals surface area contributed by atoms with E-state index in [1.54, 1.807) is 24.3 Å². The van der Waals surface area contributed by atoms with Crippen LogP contribution in [0.4, 0.5) is 5.69 Å². The highest BCUT2D eigenvalue weighted by Gasteiger charge is 2.09. The molecule has 0 radical (unpaired) electrons. The molecule has 3 nitrogen and oxygen atoms in total. The Morgan fingerprint density at radius 3 is 2.26 bits per heavy atom. The van der Waals surface area contributed by atoms with Gasteiger partial charge in [-0.3, -0.25) is 9.59 Å². The molecule has 0 saturated carbocycles. The maximum atomic E-state index is 12.1. The van der Waals surface area contributed by atoms with Crippen LogP contribution in [0.25, 0.3) is 0 Å². The summed E-state index contributed by atoms with van der Waals surface area (Å²) in [5.74, 6) is -0.195. The van der Waals surface area contributed by atoms with Crippen molar-refractivity contribution in [2.75, 3.05) is 5.32 Å². The first kappa shape index (κ1) is 13.0. The molecule has 0 spiro atoms. The number of ketones is 1. The molecule has 0 aliphatic rings. The summed E-state index contributed by atoms with van der Waals surface area (Å²) in [6.45, 7) is 3.40. The molecule has 0 heterocycles. The molecular formula is C16H15NO2. The average Bonchev–Trinajstić information content (AvgIpc) is 2.42. The van der Waals surface area contributed by atoms with E-state index in [9.17, 15) is 9.59 Å². The fraction of sp³-hybridized carbons (Fsp3) is 0.125. The van der Waals surface area contributed by atoms with Gasteiger partial charge in [-0.2, -0.15) is 0 Å². The molecule has 2 aromatic carbocycles. The zero-order chi connectivity index (χ0) is 13.8. The summed E-state index contributed by atoms with van der Waals surface area (Å²) in [6.07, 6.45) is 0. The predicted molar refractivity (Wildman–Crippen MR) is 75.6 cm³/mol. The van der Waals surface area contributed by atoms with Crippen LogP contribution in [0.5, 0.6) is 0 Å². The number of carbonyl (C=O) groups excluding carboxylic acids is 2. The van der Waals surface area contributed by atoms with E-state index in [4.69, 9.17) is 0 Å². The first-order valence-electron chi connectivity index (χ1n) is 6.06. The van der Waals surface area contributed by atoms with Crippen LogP contribution in [0.3, 0.4) is 0 Å². The molecule has 1 amide bonds. The lowest BCUT2D eigenvalue weighted by Crippen LogP contribution is -2.13. The maximum absolute atomic E-state index is 12.1. The number of amides is 1. The van der Waals surface area contributed by atoms with Crippen LogP contribution in [-0.4, -0.2) is 11.7 Å². The van der Waals surface area contributed by atoms with Gasteiger partial charge in [0.1, 0.15) is 0 Å². The smallest absolute Gasteiger partial charge is 0.255 e. The van der Waals surface area contributed by atoms with E-state index in [1.807, 2.05) is 31.2 Å². The van der Waals surface area contributed by atoms with Gasteiger partial charge in [-0.15, -0.1) is 0 Å². The molecule has 0 bridgehead atoms. The van der Waals surface area contributed by atoms with Crippen LogP contribution in [0, 0.1) is 6.92 Å². The Bertz CT molecular complexity index is 618. The summed E-state index contributed by atoms with van der Waals surface area (Å²) in [5.41, 5.74) is 2.78. The van der Waals surface area contributed by atoms with E-state index in [-0.39, 0.29) is 11.7 Å². The summed E-state index contributed by atoms with van der Waals surface area (Å²) in [5, 5.41) is 2.83. The lowest BCUT2D eigenvalue weighted by atomic mass is 10.1. The molecule has 0 unspecified atom stereocenters. The minimum absolute atomic E-state index is 0.0183. The average molecular weight is 253 g/mol. The number of Topliss-reactive ketones (excluding diaryl/α,β-unsaturated/α-hetero) is 1. The van der Waals surface area contributed by atoms with Crippen molar-refractivity contribution >= 4 is 17.4 Å². The standard InChI is InChI=1S/C16H15NO2/c1-11-8-9-14(12(2)18)10-15(11)17-16(19)13-6-4-3-5-7-13/h3-10H,1-2H3,(H,17,19). The Hall–Kier alpha value is -2.42. The minimum atomic E-state index is -0.176. The second-order valence-electron chi connectivity index (χ2n) is 4.41. The van der Waals surface area contributed by atoms with Crippen LogP contribution >= 0.6 is 0 Å². The number of benzene rings is 2. The highest BCUT2D eigenvalue weighted by molar-refractivity contribution is 6.05. The van der Waals surface area contributed by atoms with Crippen LogP contribution in [-0.2, 0) is 0 Å². The first-order chi connectivity index (χ1) is 9.08. The van der Waals surface area contributed by atoms with Crippen molar-refractivity contribution in [2.24, 2.45) is 0 Å². The number of anilines is 1. The van der Waals surface area contributed by atoms with Gasteiger partial charge >= 0.3 is 0 Å². The van der Waals surface area contributed by atoms with Gasteiger partial charge in [0, 0.05) is 16.8 Å². The molecule has 19 heavy (non-hydrogen) atoms. The first-order valence-corrected chi connectivity index (χ1v) is 6.06. The van der Waals surface area contributed by atoms with Gasteiger partial charge < -0.3 is 5.32 Å². The number of carbonyl (C=O) groups is 2. The number of hydrogen-bond acceptors (Lipinski definition) is 2. The third-order valence-corrected chi connectivity index (χ3v) is 2.93. The van der Waals surface area contributed by atoms with Gasteiger partial charge in [0.25, 0.3) is 5.91 Å². The molecule has 96 valence electrons. The third-order valence-electron chi connectivity index (χ3n) is 2.93. The van der Waals surface area contributed by atoms with E-state index >= 15 is 0 Å². The molecule has 1 N–H and O–H groups in total. The normalized spacial score (nSPS) is 10.0. The summed E-state index contributed by atoms with van der Waals surface area (Å²) < 4.78 is 0. The van der Waals surface area contributed by atoms with E-state index < -0.39 is 0 Å². The SMILES string of the molecule is CC(=O)c1ccc(C)c(NC(=O)c2ccccc2)c1. The van der Waals surface area contributed by atoms with Crippen molar-refractivity contribution in [1.29, 1.82) is 0 Å².